The van der Waals surface area contributed by atoms with Crippen molar-refractivity contribution in [1.82, 2.24) is 15.2 Å². The summed E-state index contributed by atoms with van der Waals surface area (Å²) in [6.45, 7) is 1.97. The van der Waals surface area contributed by atoms with Crippen molar-refractivity contribution in [2.24, 2.45) is 0 Å². The maximum Gasteiger partial charge on any atom is 0.288 e. The van der Waals surface area contributed by atoms with Gasteiger partial charge in [0.05, 0.1) is 23.7 Å². The number of aromatic nitrogens is 1. The SMILES string of the molecule is CN(C)CCOCCNC(=O)c1cc([N+](=O)[O-])cnc1Cl. The second kappa shape index (κ2) is 8.50. The quantitative estimate of drug-likeness (QED) is 0.332. The molecule has 1 aromatic heterocycles. The Morgan fingerprint density at radius 2 is 2.24 bits per heavy atom. The lowest BCUT2D eigenvalue weighted by molar-refractivity contribution is -0.385. The third-order valence-corrected chi connectivity index (χ3v) is 2.80. The second-order valence-electron chi connectivity index (χ2n) is 4.46. The highest BCUT2D eigenvalue weighted by Gasteiger charge is 2.16. The largest absolute Gasteiger partial charge is 0.378 e. The van der Waals surface area contributed by atoms with Crippen molar-refractivity contribution in [1.29, 1.82) is 0 Å². The van der Waals surface area contributed by atoms with Gasteiger partial charge in [-0.3, -0.25) is 14.9 Å². The summed E-state index contributed by atoms with van der Waals surface area (Å²) in [6, 6.07) is 1.09. The summed E-state index contributed by atoms with van der Waals surface area (Å²) in [6.07, 6.45) is 1.00. The molecule has 0 aliphatic heterocycles. The molecule has 0 fully saturated rings. The number of likely N-dealkylation sites (N-methyl/N-ethyl adjacent to an activating group) is 1. The molecule has 1 heterocycles. The third-order valence-electron chi connectivity index (χ3n) is 2.49. The van der Waals surface area contributed by atoms with E-state index < -0.39 is 10.8 Å². The first-order valence-corrected chi connectivity index (χ1v) is 6.60. The molecule has 21 heavy (non-hydrogen) atoms. The highest BCUT2D eigenvalue weighted by Crippen LogP contribution is 2.18. The first kappa shape index (κ1) is 17.3. The summed E-state index contributed by atoms with van der Waals surface area (Å²) in [5, 5.41) is 13.1. The van der Waals surface area contributed by atoms with Gasteiger partial charge in [0.1, 0.15) is 11.3 Å². The molecule has 9 heteroatoms. The van der Waals surface area contributed by atoms with E-state index >= 15 is 0 Å². The molecule has 0 aromatic carbocycles. The number of pyridine rings is 1. The van der Waals surface area contributed by atoms with Gasteiger partial charge >= 0.3 is 0 Å². The summed E-state index contributed by atoms with van der Waals surface area (Å²) in [5.74, 6) is -0.521. The highest BCUT2D eigenvalue weighted by atomic mass is 35.5. The van der Waals surface area contributed by atoms with Crippen LogP contribution in [-0.4, -0.2) is 61.1 Å². The predicted octanol–water partition coefficient (Wildman–Crippen LogP) is 0.951. The average molecular weight is 317 g/mol. The van der Waals surface area contributed by atoms with Gasteiger partial charge in [0, 0.05) is 19.2 Å². The van der Waals surface area contributed by atoms with E-state index in [-0.39, 0.29) is 22.9 Å². The number of carbonyl (C=O) groups excluding carboxylic acids is 1. The van der Waals surface area contributed by atoms with Crippen LogP contribution in [0.5, 0.6) is 0 Å². The van der Waals surface area contributed by atoms with Crippen molar-refractivity contribution in [2.75, 3.05) is 40.4 Å². The summed E-state index contributed by atoms with van der Waals surface area (Å²) in [7, 11) is 3.87. The van der Waals surface area contributed by atoms with Crippen LogP contribution in [0.3, 0.4) is 0 Å². The first-order valence-electron chi connectivity index (χ1n) is 6.22. The Hall–Kier alpha value is -1.77. The van der Waals surface area contributed by atoms with Crippen LogP contribution in [0.4, 0.5) is 5.69 Å². The maximum absolute atomic E-state index is 11.9. The zero-order valence-electron chi connectivity index (χ0n) is 11.8. The average Bonchev–Trinajstić information content (AvgIpc) is 2.42. The zero-order chi connectivity index (χ0) is 15.8. The molecule has 8 nitrogen and oxygen atoms in total. The lowest BCUT2D eigenvalue weighted by Crippen LogP contribution is -2.28. The van der Waals surface area contributed by atoms with Crippen molar-refractivity contribution >= 4 is 23.2 Å². The number of nitro groups is 1. The zero-order valence-corrected chi connectivity index (χ0v) is 12.6. The summed E-state index contributed by atoms with van der Waals surface area (Å²) >= 11 is 5.76. The van der Waals surface area contributed by atoms with Crippen molar-refractivity contribution < 1.29 is 14.5 Å². The number of carbonyl (C=O) groups is 1. The Morgan fingerprint density at radius 3 is 2.86 bits per heavy atom. The number of hydrogen-bond acceptors (Lipinski definition) is 6. The van der Waals surface area contributed by atoms with E-state index in [0.29, 0.717) is 13.2 Å². The molecule has 0 aliphatic carbocycles. The van der Waals surface area contributed by atoms with Gasteiger partial charge in [-0.15, -0.1) is 0 Å². The van der Waals surface area contributed by atoms with Gasteiger partial charge in [-0.05, 0) is 14.1 Å². The van der Waals surface area contributed by atoms with E-state index in [1.807, 2.05) is 19.0 Å². The number of rotatable bonds is 8. The van der Waals surface area contributed by atoms with Crippen LogP contribution in [0.15, 0.2) is 12.3 Å². The van der Waals surface area contributed by atoms with Gasteiger partial charge in [0.25, 0.3) is 11.6 Å². The number of nitrogens with one attached hydrogen (secondary N) is 1. The predicted molar refractivity (Wildman–Crippen MR) is 77.6 cm³/mol. The standard InChI is InChI=1S/C12H17ClN4O4/c1-16(2)4-6-21-5-3-14-12(18)10-7-9(17(19)20)8-15-11(10)13/h7-8H,3-6H2,1-2H3,(H,14,18). The molecule has 0 radical (unpaired) electrons. The Kier molecular flexibility index (Phi) is 7.00. The Bertz CT molecular complexity index is 510. The van der Waals surface area contributed by atoms with E-state index in [1.54, 1.807) is 0 Å². The Labute approximate surface area is 127 Å². The minimum atomic E-state index is -0.634. The van der Waals surface area contributed by atoms with E-state index in [4.69, 9.17) is 16.3 Å². The molecule has 0 bridgehead atoms. The Balaban J connectivity index is 2.45. The van der Waals surface area contributed by atoms with Crippen molar-refractivity contribution in [3.8, 4) is 0 Å². The van der Waals surface area contributed by atoms with Crippen LogP contribution >= 0.6 is 11.6 Å². The fourth-order valence-electron chi connectivity index (χ4n) is 1.38. The minimum Gasteiger partial charge on any atom is -0.378 e. The van der Waals surface area contributed by atoms with Crippen LogP contribution in [-0.2, 0) is 4.74 Å². The molecule has 1 amide bonds. The smallest absolute Gasteiger partial charge is 0.288 e. The molecule has 0 aliphatic rings. The van der Waals surface area contributed by atoms with Crippen LogP contribution in [0.1, 0.15) is 10.4 Å². The lowest BCUT2D eigenvalue weighted by atomic mass is 10.2. The Morgan fingerprint density at radius 1 is 1.52 bits per heavy atom. The highest BCUT2D eigenvalue weighted by molar-refractivity contribution is 6.32. The fourth-order valence-corrected chi connectivity index (χ4v) is 1.57. The number of halogens is 1. The van der Waals surface area contributed by atoms with E-state index in [0.717, 1.165) is 18.8 Å². The molecule has 1 rings (SSSR count). The molecule has 0 saturated heterocycles. The maximum atomic E-state index is 11.9. The minimum absolute atomic E-state index is 0.0286. The van der Waals surface area contributed by atoms with Gasteiger partial charge < -0.3 is 15.0 Å². The first-order chi connectivity index (χ1) is 9.91. The van der Waals surface area contributed by atoms with E-state index in [9.17, 15) is 14.9 Å². The van der Waals surface area contributed by atoms with Crippen LogP contribution in [0.2, 0.25) is 5.15 Å². The number of amides is 1. The number of hydrogen-bond donors (Lipinski definition) is 1. The molecule has 116 valence electrons. The topological polar surface area (TPSA) is 97.6 Å². The van der Waals surface area contributed by atoms with Gasteiger partial charge in [-0.25, -0.2) is 4.98 Å². The van der Waals surface area contributed by atoms with Crippen LogP contribution < -0.4 is 5.32 Å². The van der Waals surface area contributed by atoms with E-state index in [1.165, 1.54) is 0 Å². The van der Waals surface area contributed by atoms with Gasteiger partial charge in [0.2, 0.25) is 0 Å². The second-order valence-corrected chi connectivity index (χ2v) is 4.82. The van der Waals surface area contributed by atoms with Gasteiger partial charge in [-0.2, -0.15) is 0 Å². The summed E-state index contributed by atoms with van der Waals surface area (Å²) in [4.78, 5) is 27.5. The number of nitrogens with zero attached hydrogens (tertiary/aromatic N) is 3. The van der Waals surface area contributed by atoms with E-state index in [2.05, 4.69) is 10.3 Å². The molecular weight excluding hydrogens is 300 g/mol. The molecule has 0 unspecified atom stereocenters. The lowest BCUT2D eigenvalue weighted by Gasteiger charge is -2.10. The molecule has 1 N–H and O–H groups in total. The monoisotopic (exact) mass is 316 g/mol. The molecular formula is C12H17ClN4O4. The fraction of sp³-hybridized carbons (Fsp3) is 0.500. The van der Waals surface area contributed by atoms with Crippen molar-refractivity contribution in [3.63, 3.8) is 0 Å². The van der Waals surface area contributed by atoms with Crippen LogP contribution in [0, 0.1) is 10.1 Å². The van der Waals surface area contributed by atoms with Crippen LogP contribution in [0.25, 0.3) is 0 Å². The third kappa shape index (κ3) is 6.03. The molecule has 0 atom stereocenters. The van der Waals surface area contributed by atoms with Gasteiger partial charge in [-0.1, -0.05) is 11.6 Å². The molecule has 1 aromatic rings. The van der Waals surface area contributed by atoms with Crippen molar-refractivity contribution in [2.45, 2.75) is 0 Å². The number of ether oxygens (including phenoxy) is 1. The normalized spacial score (nSPS) is 10.7. The molecule has 0 saturated carbocycles. The van der Waals surface area contributed by atoms with Crippen molar-refractivity contribution in [3.05, 3.63) is 33.1 Å². The van der Waals surface area contributed by atoms with Gasteiger partial charge in [0.15, 0.2) is 0 Å². The molecule has 0 spiro atoms. The summed E-state index contributed by atoms with van der Waals surface area (Å²) < 4.78 is 5.31. The summed E-state index contributed by atoms with van der Waals surface area (Å²) in [5.41, 5.74) is -0.314.